The average molecular weight is 479 g/mol. The molecule has 0 radical (unpaired) electrons. The molecular weight excluding hydrogens is 448 g/mol. The van der Waals surface area contributed by atoms with Crippen LogP contribution in [0.15, 0.2) is 28.9 Å². The monoisotopic (exact) mass is 478 g/mol. The molecule has 3 N–H and O–H groups in total. The lowest BCUT2D eigenvalue weighted by molar-refractivity contribution is 0.148. The van der Waals surface area contributed by atoms with Crippen molar-refractivity contribution in [2.24, 2.45) is 0 Å². The van der Waals surface area contributed by atoms with Crippen molar-refractivity contribution in [3.05, 3.63) is 47.2 Å². The summed E-state index contributed by atoms with van der Waals surface area (Å²) < 4.78 is 12.6. The van der Waals surface area contributed by atoms with Crippen LogP contribution in [0.3, 0.4) is 0 Å². The van der Waals surface area contributed by atoms with Crippen LogP contribution in [-0.2, 0) is 19.6 Å². The molecule has 1 aliphatic heterocycles. The number of piperazine rings is 1. The van der Waals surface area contributed by atoms with E-state index in [0.717, 1.165) is 49.6 Å². The zero-order valence-corrected chi connectivity index (χ0v) is 20.2. The Kier molecular flexibility index (Phi) is 6.47. The molecule has 1 fully saturated rings. The van der Waals surface area contributed by atoms with Gasteiger partial charge < -0.3 is 25.2 Å². The third-order valence-electron chi connectivity index (χ3n) is 6.16. The van der Waals surface area contributed by atoms with Gasteiger partial charge in [0.2, 0.25) is 11.8 Å². The molecule has 0 amide bonds. The highest BCUT2D eigenvalue weighted by molar-refractivity contribution is 5.86. The number of benzene rings is 1. The van der Waals surface area contributed by atoms with Crippen molar-refractivity contribution in [2.75, 3.05) is 51.4 Å². The average Bonchev–Trinajstić information content (AvgIpc) is 3.45. The van der Waals surface area contributed by atoms with Gasteiger partial charge in [-0.25, -0.2) is 4.98 Å². The molecule has 0 spiro atoms. The summed E-state index contributed by atoms with van der Waals surface area (Å²) in [6, 6.07) is 6.38. The summed E-state index contributed by atoms with van der Waals surface area (Å²) >= 11 is 0. The lowest BCUT2D eigenvalue weighted by Gasteiger charge is -2.32. The van der Waals surface area contributed by atoms with Crippen molar-refractivity contribution < 1.29 is 9.26 Å². The van der Waals surface area contributed by atoms with Crippen LogP contribution < -0.4 is 15.8 Å². The van der Waals surface area contributed by atoms with Gasteiger partial charge >= 0.3 is 0 Å². The molecule has 12 nitrogen and oxygen atoms in total. The molecule has 3 aromatic heterocycles. The fourth-order valence-corrected chi connectivity index (χ4v) is 4.28. The van der Waals surface area contributed by atoms with Gasteiger partial charge in [0.25, 0.3) is 0 Å². The molecule has 12 heteroatoms. The first kappa shape index (κ1) is 23.0. The van der Waals surface area contributed by atoms with E-state index in [1.165, 1.54) is 5.56 Å². The van der Waals surface area contributed by atoms with E-state index in [2.05, 4.69) is 65.6 Å². The van der Waals surface area contributed by atoms with Gasteiger partial charge in [0.05, 0.1) is 26.4 Å². The number of nitrogens with one attached hydrogen (secondary N) is 1. The first-order valence-corrected chi connectivity index (χ1v) is 11.6. The summed E-state index contributed by atoms with van der Waals surface area (Å²) in [5.74, 6) is 2.57. The zero-order valence-electron chi connectivity index (χ0n) is 20.2. The molecule has 4 aromatic rings. The minimum absolute atomic E-state index is 0.162. The fourth-order valence-electron chi connectivity index (χ4n) is 4.28. The molecule has 1 aliphatic rings. The van der Waals surface area contributed by atoms with E-state index in [1.807, 2.05) is 4.68 Å². The minimum Gasteiger partial charge on any atom is -0.496 e. The predicted molar refractivity (Wildman–Crippen MR) is 131 cm³/mol. The molecule has 4 heterocycles. The standard InChI is InChI=1S/C23H30N10O2/c1-15-27-20(30-35-15)12-25-22-21-18(28-23(24)29-22)11-26-33(21)14-17-5-4-16(10-19(17)34-3)13-32-8-6-31(2)7-9-32/h4-5,10-11H,6-9,12-14H2,1-3H3,(H3,24,25,28,29). The van der Waals surface area contributed by atoms with Crippen LogP contribution in [0.4, 0.5) is 11.8 Å². The molecule has 0 atom stereocenters. The van der Waals surface area contributed by atoms with Gasteiger partial charge in [-0.15, -0.1) is 0 Å². The molecule has 0 unspecified atom stereocenters. The van der Waals surface area contributed by atoms with E-state index in [4.69, 9.17) is 15.0 Å². The second-order valence-corrected chi connectivity index (χ2v) is 8.78. The SMILES string of the molecule is COc1cc(CN2CCN(C)CC2)ccc1Cn1ncc2nc(N)nc(NCc3noc(C)n3)c21. The lowest BCUT2D eigenvalue weighted by Crippen LogP contribution is -2.43. The molecular formula is C23H30N10O2. The molecule has 1 aromatic carbocycles. The normalized spacial score (nSPS) is 15.1. The summed E-state index contributed by atoms with van der Waals surface area (Å²) in [7, 11) is 3.87. The largest absolute Gasteiger partial charge is 0.496 e. The quantitative estimate of drug-likeness (QED) is 0.381. The highest BCUT2D eigenvalue weighted by atomic mass is 16.5. The number of aryl methyl sites for hydroxylation is 1. The number of aromatic nitrogens is 6. The van der Waals surface area contributed by atoms with Gasteiger partial charge in [0.1, 0.15) is 16.8 Å². The van der Waals surface area contributed by atoms with Crippen LogP contribution in [0.2, 0.25) is 0 Å². The van der Waals surface area contributed by atoms with Crippen LogP contribution in [0, 0.1) is 6.92 Å². The Hall–Kier alpha value is -3.77. The Morgan fingerprint density at radius 3 is 2.69 bits per heavy atom. The van der Waals surface area contributed by atoms with Crippen molar-refractivity contribution in [1.82, 2.24) is 39.7 Å². The molecule has 1 saturated heterocycles. The number of anilines is 2. The summed E-state index contributed by atoms with van der Waals surface area (Å²) in [6.45, 7) is 7.81. The zero-order chi connectivity index (χ0) is 24.4. The van der Waals surface area contributed by atoms with Gasteiger partial charge in [0, 0.05) is 45.2 Å². The molecule has 184 valence electrons. The molecule has 5 rings (SSSR count). The highest BCUT2D eigenvalue weighted by Crippen LogP contribution is 2.26. The predicted octanol–water partition coefficient (Wildman–Crippen LogP) is 1.52. The van der Waals surface area contributed by atoms with Crippen molar-refractivity contribution in [3.63, 3.8) is 0 Å². The first-order chi connectivity index (χ1) is 17.0. The summed E-state index contributed by atoms with van der Waals surface area (Å²) in [4.78, 5) is 17.8. The second kappa shape index (κ2) is 9.84. The second-order valence-electron chi connectivity index (χ2n) is 8.78. The van der Waals surface area contributed by atoms with Crippen molar-refractivity contribution in [1.29, 1.82) is 0 Å². The number of hydrogen-bond donors (Lipinski definition) is 2. The Balaban J connectivity index is 1.37. The third kappa shape index (κ3) is 5.17. The maximum Gasteiger partial charge on any atom is 0.223 e. The summed E-state index contributed by atoms with van der Waals surface area (Å²) in [6.07, 6.45) is 1.69. The van der Waals surface area contributed by atoms with Gasteiger partial charge in [-0.05, 0) is 18.7 Å². The third-order valence-corrected chi connectivity index (χ3v) is 6.16. The van der Waals surface area contributed by atoms with Gasteiger partial charge in [-0.3, -0.25) is 9.58 Å². The lowest BCUT2D eigenvalue weighted by atomic mass is 10.1. The van der Waals surface area contributed by atoms with E-state index in [0.29, 0.717) is 36.1 Å². The van der Waals surface area contributed by atoms with E-state index in [1.54, 1.807) is 20.2 Å². The summed E-state index contributed by atoms with van der Waals surface area (Å²) in [5.41, 5.74) is 9.56. The number of nitrogen functional groups attached to an aromatic ring is 1. The van der Waals surface area contributed by atoms with Crippen molar-refractivity contribution in [3.8, 4) is 5.75 Å². The summed E-state index contributed by atoms with van der Waals surface area (Å²) in [5, 5.41) is 11.7. The van der Waals surface area contributed by atoms with E-state index in [9.17, 15) is 0 Å². The van der Waals surface area contributed by atoms with Crippen LogP contribution in [0.25, 0.3) is 11.0 Å². The molecule has 0 aliphatic carbocycles. The van der Waals surface area contributed by atoms with Crippen molar-refractivity contribution >= 4 is 22.8 Å². The number of nitrogens with two attached hydrogens (primary N) is 1. The van der Waals surface area contributed by atoms with E-state index >= 15 is 0 Å². The number of hydrogen-bond acceptors (Lipinski definition) is 11. The molecule has 0 saturated carbocycles. The number of fused-ring (bicyclic) bond motifs is 1. The minimum atomic E-state index is 0.162. The number of methoxy groups -OCH3 is 1. The van der Waals surface area contributed by atoms with Crippen LogP contribution in [0.1, 0.15) is 22.8 Å². The number of ether oxygens (including phenoxy) is 1. The fraction of sp³-hybridized carbons (Fsp3) is 0.435. The highest BCUT2D eigenvalue weighted by Gasteiger charge is 2.17. The van der Waals surface area contributed by atoms with Gasteiger partial charge in [-0.1, -0.05) is 17.3 Å². The van der Waals surface area contributed by atoms with Gasteiger partial charge in [-0.2, -0.15) is 15.1 Å². The van der Waals surface area contributed by atoms with E-state index in [-0.39, 0.29) is 5.95 Å². The number of likely N-dealkylation sites (N-methyl/N-ethyl adjacent to an activating group) is 1. The van der Waals surface area contributed by atoms with Crippen LogP contribution in [0.5, 0.6) is 5.75 Å². The maximum atomic E-state index is 5.93. The number of rotatable bonds is 8. The Morgan fingerprint density at radius 1 is 1.11 bits per heavy atom. The smallest absolute Gasteiger partial charge is 0.223 e. The van der Waals surface area contributed by atoms with Crippen LogP contribution >= 0.6 is 0 Å². The van der Waals surface area contributed by atoms with Crippen molar-refractivity contribution in [2.45, 2.75) is 26.6 Å². The topological polar surface area (TPSA) is 136 Å². The molecule has 0 bridgehead atoms. The van der Waals surface area contributed by atoms with Gasteiger partial charge in [0.15, 0.2) is 11.6 Å². The maximum absolute atomic E-state index is 5.93. The van der Waals surface area contributed by atoms with E-state index < -0.39 is 0 Å². The Bertz CT molecular complexity index is 1310. The molecule has 35 heavy (non-hydrogen) atoms. The first-order valence-electron chi connectivity index (χ1n) is 11.6. The van der Waals surface area contributed by atoms with Crippen LogP contribution in [-0.4, -0.2) is 80.0 Å². The Labute approximate surface area is 203 Å². The Morgan fingerprint density at radius 2 is 1.94 bits per heavy atom. The number of nitrogens with zero attached hydrogens (tertiary/aromatic N) is 8.